The van der Waals surface area contributed by atoms with Crippen LogP contribution in [0.25, 0.3) is 0 Å². The average molecular weight is 369 g/mol. The number of halogens is 2. The van der Waals surface area contributed by atoms with E-state index in [4.69, 9.17) is 4.74 Å². The molecule has 3 rings (SSSR count). The summed E-state index contributed by atoms with van der Waals surface area (Å²) in [5.74, 6) is -1.74. The Morgan fingerprint density at radius 1 is 1.35 bits per heavy atom. The van der Waals surface area contributed by atoms with Gasteiger partial charge in [0.25, 0.3) is 0 Å². The first-order chi connectivity index (χ1) is 12.3. The second-order valence-electron chi connectivity index (χ2n) is 6.31. The van der Waals surface area contributed by atoms with E-state index in [-0.39, 0.29) is 37.0 Å². The number of carbonyl (C=O) groups is 2. The van der Waals surface area contributed by atoms with Gasteiger partial charge in [0.15, 0.2) is 11.6 Å². The number of hydrazine groups is 1. The fourth-order valence-electron chi connectivity index (χ4n) is 2.93. The standard InChI is InChI=1S/C16H21F2N5O3/c1-10(24)19-7-12-8-23(16(25)26-12)11-5-13(17)15(14(18)6-11)22-4-3-21(2)20-9-22/h5-6,12,20H,3-4,7-9H2,1-2H3,(H,19,24). The Morgan fingerprint density at radius 2 is 2.04 bits per heavy atom. The number of likely N-dealkylation sites (N-methyl/N-ethyl adjacent to an activating group) is 1. The maximum Gasteiger partial charge on any atom is 0.414 e. The Labute approximate surface area is 149 Å². The molecule has 8 nitrogen and oxygen atoms in total. The molecule has 0 aromatic heterocycles. The minimum absolute atomic E-state index is 0.0844. The van der Waals surface area contributed by atoms with Gasteiger partial charge in [0.2, 0.25) is 5.91 Å². The molecule has 2 saturated heterocycles. The topological polar surface area (TPSA) is 77.2 Å². The molecule has 0 bridgehead atoms. The van der Waals surface area contributed by atoms with Crippen molar-refractivity contribution < 1.29 is 23.1 Å². The monoisotopic (exact) mass is 369 g/mol. The van der Waals surface area contributed by atoms with Crippen molar-refractivity contribution in [1.29, 1.82) is 0 Å². The summed E-state index contributed by atoms with van der Waals surface area (Å²) in [4.78, 5) is 25.7. The molecule has 1 aromatic carbocycles. The summed E-state index contributed by atoms with van der Waals surface area (Å²) < 4.78 is 34.2. The van der Waals surface area contributed by atoms with Gasteiger partial charge in [-0.25, -0.2) is 24.0 Å². The third kappa shape index (κ3) is 3.86. The number of carbonyl (C=O) groups excluding carboxylic acids is 2. The van der Waals surface area contributed by atoms with Gasteiger partial charge in [-0.05, 0) is 0 Å². The zero-order valence-electron chi connectivity index (χ0n) is 14.6. The number of ether oxygens (including phenoxy) is 1. The first-order valence-corrected chi connectivity index (χ1v) is 8.26. The molecule has 0 saturated carbocycles. The summed E-state index contributed by atoms with van der Waals surface area (Å²) in [5.41, 5.74) is 2.95. The van der Waals surface area contributed by atoms with Crippen LogP contribution in [0.1, 0.15) is 6.92 Å². The average Bonchev–Trinajstić information content (AvgIpc) is 2.95. The Balaban J connectivity index is 1.75. The zero-order valence-corrected chi connectivity index (χ0v) is 14.6. The second kappa shape index (κ2) is 7.42. The molecule has 2 amide bonds. The van der Waals surface area contributed by atoms with Crippen LogP contribution >= 0.6 is 0 Å². The van der Waals surface area contributed by atoms with Crippen LogP contribution < -0.4 is 20.5 Å². The lowest BCUT2D eigenvalue weighted by Crippen LogP contribution is -2.53. The first kappa shape index (κ1) is 18.3. The number of anilines is 2. The number of benzene rings is 1. The summed E-state index contributed by atoms with van der Waals surface area (Å²) in [6, 6.07) is 2.25. The fourth-order valence-corrected chi connectivity index (χ4v) is 2.93. The summed E-state index contributed by atoms with van der Waals surface area (Å²) >= 11 is 0. The highest BCUT2D eigenvalue weighted by Gasteiger charge is 2.34. The summed E-state index contributed by atoms with van der Waals surface area (Å²) in [7, 11) is 1.85. The minimum atomic E-state index is -0.746. The number of amides is 2. The molecule has 2 fully saturated rings. The Morgan fingerprint density at radius 3 is 2.62 bits per heavy atom. The van der Waals surface area contributed by atoms with E-state index in [0.29, 0.717) is 13.1 Å². The van der Waals surface area contributed by atoms with E-state index in [1.807, 2.05) is 12.1 Å². The van der Waals surface area contributed by atoms with E-state index >= 15 is 0 Å². The maximum atomic E-state index is 14.6. The van der Waals surface area contributed by atoms with Gasteiger partial charge in [0.1, 0.15) is 11.8 Å². The van der Waals surface area contributed by atoms with Crippen LogP contribution in [0.4, 0.5) is 25.0 Å². The number of nitrogens with zero attached hydrogens (tertiary/aromatic N) is 3. The fraction of sp³-hybridized carbons (Fsp3) is 0.500. The molecule has 26 heavy (non-hydrogen) atoms. The SMILES string of the molecule is CC(=O)NCC1CN(c2cc(F)c(N3CCN(C)NC3)c(F)c2)C(=O)O1. The maximum absolute atomic E-state index is 14.6. The van der Waals surface area contributed by atoms with E-state index in [9.17, 15) is 18.4 Å². The lowest BCUT2D eigenvalue weighted by atomic mass is 10.2. The molecule has 2 aliphatic rings. The van der Waals surface area contributed by atoms with E-state index in [1.165, 1.54) is 6.92 Å². The lowest BCUT2D eigenvalue weighted by molar-refractivity contribution is -0.119. The molecule has 2 heterocycles. The molecular weight excluding hydrogens is 348 g/mol. The van der Waals surface area contributed by atoms with Crippen molar-refractivity contribution in [3.05, 3.63) is 23.8 Å². The van der Waals surface area contributed by atoms with Gasteiger partial charge in [-0.1, -0.05) is 0 Å². The van der Waals surface area contributed by atoms with Crippen LogP contribution in [0.2, 0.25) is 0 Å². The Kier molecular flexibility index (Phi) is 5.23. The second-order valence-corrected chi connectivity index (χ2v) is 6.31. The van der Waals surface area contributed by atoms with Gasteiger partial charge in [0.05, 0.1) is 25.4 Å². The van der Waals surface area contributed by atoms with Gasteiger partial charge >= 0.3 is 6.09 Å². The van der Waals surface area contributed by atoms with Gasteiger partial charge in [-0.2, -0.15) is 0 Å². The van der Waals surface area contributed by atoms with E-state index in [1.54, 1.807) is 4.90 Å². The van der Waals surface area contributed by atoms with Crippen molar-refractivity contribution in [2.75, 3.05) is 49.7 Å². The Bertz CT molecular complexity index is 686. The number of nitrogens with one attached hydrogen (secondary N) is 2. The van der Waals surface area contributed by atoms with E-state index < -0.39 is 23.8 Å². The smallest absolute Gasteiger partial charge is 0.414 e. The summed E-state index contributed by atoms with van der Waals surface area (Å²) in [6.45, 7) is 2.98. The van der Waals surface area contributed by atoms with Crippen LogP contribution in [0.5, 0.6) is 0 Å². The molecule has 1 atom stereocenters. The molecule has 142 valence electrons. The van der Waals surface area contributed by atoms with Crippen molar-refractivity contribution in [2.24, 2.45) is 0 Å². The quantitative estimate of drug-likeness (QED) is 0.811. The van der Waals surface area contributed by atoms with Crippen LogP contribution in [0.15, 0.2) is 12.1 Å². The van der Waals surface area contributed by atoms with Crippen molar-refractivity contribution in [3.63, 3.8) is 0 Å². The Hall–Kier alpha value is -2.46. The molecule has 10 heteroatoms. The zero-order chi connectivity index (χ0) is 18.8. The molecule has 1 aromatic rings. The number of hydrogen-bond acceptors (Lipinski definition) is 6. The van der Waals surface area contributed by atoms with Crippen LogP contribution in [-0.2, 0) is 9.53 Å². The largest absolute Gasteiger partial charge is 0.442 e. The van der Waals surface area contributed by atoms with Crippen molar-refractivity contribution in [2.45, 2.75) is 13.0 Å². The van der Waals surface area contributed by atoms with Crippen LogP contribution in [0, 0.1) is 11.6 Å². The van der Waals surface area contributed by atoms with Crippen LogP contribution in [0.3, 0.4) is 0 Å². The molecule has 2 aliphatic heterocycles. The molecule has 1 unspecified atom stereocenters. The van der Waals surface area contributed by atoms with Crippen molar-refractivity contribution in [3.8, 4) is 0 Å². The minimum Gasteiger partial charge on any atom is -0.442 e. The molecule has 0 radical (unpaired) electrons. The third-order valence-corrected chi connectivity index (χ3v) is 4.32. The highest BCUT2D eigenvalue weighted by Crippen LogP contribution is 2.31. The summed E-state index contributed by atoms with van der Waals surface area (Å²) in [6.07, 6.45) is -1.27. The van der Waals surface area contributed by atoms with Crippen molar-refractivity contribution >= 4 is 23.4 Å². The molecule has 2 N–H and O–H groups in total. The van der Waals surface area contributed by atoms with Gasteiger partial charge in [-0.3, -0.25) is 9.69 Å². The number of rotatable bonds is 4. The van der Waals surface area contributed by atoms with Crippen LogP contribution in [-0.4, -0.2) is 63.0 Å². The highest BCUT2D eigenvalue weighted by molar-refractivity contribution is 5.90. The van der Waals surface area contributed by atoms with Gasteiger partial charge < -0.3 is 15.0 Å². The first-order valence-electron chi connectivity index (χ1n) is 8.26. The predicted molar refractivity (Wildman–Crippen MR) is 90.6 cm³/mol. The predicted octanol–water partition coefficient (Wildman–Crippen LogP) is 0.640. The normalized spacial score (nSPS) is 21.1. The summed E-state index contributed by atoms with van der Waals surface area (Å²) in [5, 5.41) is 4.39. The van der Waals surface area contributed by atoms with E-state index in [2.05, 4.69) is 10.7 Å². The lowest BCUT2D eigenvalue weighted by Gasteiger charge is -2.35. The number of hydrogen-bond donors (Lipinski definition) is 2. The third-order valence-electron chi connectivity index (χ3n) is 4.32. The number of cyclic esters (lactones) is 1. The van der Waals surface area contributed by atoms with E-state index in [0.717, 1.165) is 17.0 Å². The molecule has 0 spiro atoms. The van der Waals surface area contributed by atoms with Crippen molar-refractivity contribution in [1.82, 2.24) is 15.8 Å². The molecule has 0 aliphatic carbocycles. The molecular formula is C16H21F2N5O3. The highest BCUT2D eigenvalue weighted by atomic mass is 19.1. The van der Waals surface area contributed by atoms with Gasteiger partial charge in [-0.15, -0.1) is 0 Å². The van der Waals surface area contributed by atoms with Gasteiger partial charge in [0, 0.05) is 39.2 Å².